The molecule has 0 aromatic heterocycles. The van der Waals surface area contributed by atoms with Crippen LogP contribution in [-0.2, 0) is 9.59 Å². The normalized spacial score (nSPS) is 16.2. The van der Waals surface area contributed by atoms with E-state index in [1.807, 2.05) is 19.1 Å². The molecule has 7 heteroatoms. The number of carbonyl (C=O) groups is 2. The molecule has 29 heavy (non-hydrogen) atoms. The van der Waals surface area contributed by atoms with E-state index in [4.69, 9.17) is 0 Å². The molecule has 3 rings (SSSR count). The molecule has 1 fully saturated rings. The topological polar surface area (TPSA) is 64.7 Å². The van der Waals surface area contributed by atoms with Crippen molar-refractivity contribution in [1.82, 2.24) is 15.1 Å². The summed E-state index contributed by atoms with van der Waals surface area (Å²) in [5.74, 6) is -1.69. The Morgan fingerprint density at radius 2 is 1.59 bits per heavy atom. The molecule has 0 aliphatic carbocycles. The minimum Gasteiger partial charge on any atom is -0.346 e. The van der Waals surface area contributed by atoms with Crippen molar-refractivity contribution in [2.24, 2.45) is 0 Å². The summed E-state index contributed by atoms with van der Waals surface area (Å²) in [4.78, 5) is 29.0. The highest BCUT2D eigenvalue weighted by molar-refractivity contribution is 6.39. The van der Waals surface area contributed by atoms with Gasteiger partial charge in [-0.1, -0.05) is 29.8 Å². The Morgan fingerprint density at radius 3 is 2.21 bits per heavy atom. The van der Waals surface area contributed by atoms with Crippen LogP contribution in [0.2, 0.25) is 0 Å². The van der Waals surface area contributed by atoms with Crippen LogP contribution >= 0.6 is 0 Å². The number of halogens is 1. The Bertz CT molecular complexity index is 831. The Kier molecular flexibility index (Phi) is 6.95. The third kappa shape index (κ3) is 5.85. The minimum absolute atomic E-state index is 0.125. The second kappa shape index (κ2) is 9.62. The molecule has 2 amide bonds. The fourth-order valence-corrected chi connectivity index (χ4v) is 3.37. The van der Waals surface area contributed by atoms with Crippen LogP contribution in [0, 0.1) is 12.7 Å². The van der Waals surface area contributed by atoms with Gasteiger partial charge >= 0.3 is 11.8 Å². The highest BCUT2D eigenvalue weighted by Crippen LogP contribution is 2.22. The molecule has 0 saturated carbocycles. The maximum absolute atomic E-state index is 13.4. The van der Waals surface area contributed by atoms with E-state index in [0.717, 1.165) is 37.3 Å². The van der Waals surface area contributed by atoms with Crippen LogP contribution in [0.5, 0.6) is 0 Å². The van der Waals surface area contributed by atoms with Crippen LogP contribution in [0.4, 0.5) is 10.1 Å². The number of nitrogens with zero attached hydrogens (tertiary/aromatic N) is 2. The lowest BCUT2D eigenvalue weighted by Gasteiger charge is -2.38. The standard InChI is InChI=1S/C22H27FN4O2/c1-16-3-9-19(10-4-16)25-22(29)21(28)24-15-20(17-5-7-18(23)8-6-17)27-13-11-26(2)12-14-27/h3-10,20H,11-15H2,1-2H3,(H,24,28)(H,25,29)/t20-/m0/s1. The van der Waals surface area contributed by atoms with Crippen molar-refractivity contribution in [1.29, 1.82) is 0 Å². The zero-order valence-electron chi connectivity index (χ0n) is 16.8. The lowest BCUT2D eigenvalue weighted by Crippen LogP contribution is -2.49. The number of anilines is 1. The van der Waals surface area contributed by atoms with E-state index in [1.165, 1.54) is 12.1 Å². The molecule has 1 heterocycles. The van der Waals surface area contributed by atoms with Crippen molar-refractivity contribution >= 4 is 17.5 Å². The van der Waals surface area contributed by atoms with Crippen molar-refractivity contribution in [2.45, 2.75) is 13.0 Å². The van der Waals surface area contributed by atoms with E-state index in [0.29, 0.717) is 5.69 Å². The number of carbonyl (C=O) groups excluding carboxylic acids is 2. The maximum Gasteiger partial charge on any atom is 0.313 e. The zero-order chi connectivity index (χ0) is 20.8. The number of nitrogens with one attached hydrogen (secondary N) is 2. The summed E-state index contributed by atoms with van der Waals surface area (Å²) in [7, 11) is 2.07. The monoisotopic (exact) mass is 398 g/mol. The summed E-state index contributed by atoms with van der Waals surface area (Å²) < 4.78 is 13.4. The van der Waals surface area contributed by atoms with E-state index in [2.05, 4.69) is 27.5 Å². The predicted octanol–water partition coefficient (Wildman–Crippen LogP) is 2.18. The quantitative estimate of drug-likeness (QED) is 0.758. The van der Waals surface area contributed by atoms with E-state index in [-0.39, 0.29) is 18.4 Å². The molecular weight excluding hydrogens is 371 g/mol. The number of amides is 2. The average molecular weight is 398 g/mol. The maximum atomic E-state index is 13.4. The zero-order valence-corrected chi connectivity index (χ0v) is 16.8. The van der Waals surface area contributed by atoms with Crippen molar-refractivity contribution in [2.75, 3.05) is 45.1 Å². The van der Waals surface area contributed by atoms with Gasteiger partial charge in [-0.05, 0) is 43.8 Å². The highest BCUT2D eigenvalue weighted by Gasteiger charge is 2.25. The Labute approximate surface area is 170 Å². The van der Waals surface area contributed by atoms with Gasteiger partial charge in [-0.3, -0.25) is 14.5 Å². The largest absolute Gasteiger partial charge is 0.346 e. The first-order valence-electron chi connectivity index (χ1n) is 9.76. The SMILES string of the molecule is Cc1ccc(NC(=O)C(=O)NC[C@@H](c2ccc(F)cc2)N2CCN(C)CC2)cc1. The second-order valence-corrected chi connectivity index (χ2v) is 7.44. The van der Waals surface area contributed by atoms with Crippen LogP contribution in [0.25, 0.3) is 0 Å². The number of piperazine rings is 1. The van der Waals surface area contributed by atoms with E-state index in [1.54, 1.807) is 24.3 Å². The Balaban J connectivity index is 1.63. The number of benzene rings is 2. The summed E-state index contributed by atoms with van der Waals surface area (Å²) in [5, 5.41) is 5.34. The average Bonchev–Trinajstić information content (AvgIpc) is 2.72. The summed E-state index contributed by atoms with van der Waals surface area (Å²) in [5.41, 5.74) is 2.56. The summed E-state index contributed by atoms with van der Waals surface area (Å²) in [6, 6.07) is 13.4. The number of likely N-dealkylation sites (N-methyl/N-ethyl adjacent to an activating group) is 1. The molecule has 1 atom stereocenters. The van der Waals surface area contributed by atoms with Gasteiger partial charge < -0.3 is 15.5 Å². The molecular formula is C22H27FN4O2. The van der Waals surface area contributed by atoms with Gasteiger partial charge in [0.05, 0.1) is 6.04 Å². The lowest BCUT2D eigenvalue weighted by molar-refractivity contribution is -0.136. The van der Waals surface area contributed by atoms with Crippen LogP contribution < -0.4 is 10.6 Å². The van der Waals surface area contributed by atoms with Crippen LogP contribution in [-0.4, -0.2) is 61.4 Å². The first kappa shape index (κ1) is 21.0. The number of aryl methyl sites for hydroxylation is 1. The minimum atomic E-state index is -0.704. The molecule has 1 aliphatic heterocycles. The number of hydrogen-bond acceptors (Lipinski definition) is 4. The first-order valence-corrected chi connectivity index (χ1v) is 9.76. The van der Waals surface area contributed by atoms with Gasteiger partial charge in [0.2, 0.25) is 0 Å². The molecule has 0 radical (unpaired) electrons. The third-order valence-electron chi connectivity index (χ3n) is 5.21. The van der Waals surface area contributed by atoms with Crippen molar-refractivity contribution < 1.29 is 14.0 Å². The van der Waals surface area contributed by atoms with Gasteiger partial charge in [0, 0.05) is 38.4 Å². The Morgan fingerprint density at radius 1 is 0.966 bits per heavy atom. The van der Waals surface area contributed by atoms with E-state index >= 15 is 0 Å². The fraction of sp³-hybridized carbons (Fsp3) is 0.364. The molecule has 2 aromatic rings. The highest BCUT2D eigenvalue weighted by atomic mass is 19.1. The fourth-order valence-electron chi connectivity index (χ4n) is 3.37. The molecule has 2 aromatic carbocycles. The predicted molar refractivity (Wildman–Crippen MR) is 111 cm³/mol. The van der Waals surface area contributed by atoms with Crippen molar-refractivity contribution in [3.63, 3.8) is 0 Å². The van der Waals surface area contributed by atoms with E-state index < -0.39 is 11.8 Å². The van der Waals surface area contributed by atoms with Crippen LogP contribution in [0.3, 0.4) is 0 Å². The Hall–Kier alpha value is -2.77. The number of hydrogen-bond donors (Lipinski definition) is 2. The third-order valence-corrected chi connectivity index (χ3v) is 5.21. The molecule has 1 aliphatic rings. The molecule has 0 unspecified atom stereocenters. The van der Waals surface area contributed by atoms with Crippen molar-refractivity contribution in [3.05, 3.63) is 65.5 Å². The molecule has 0 spiro atoms. The van der Waals surface area contributed by atoms with Gasteiger partial charge in [0.25, 0.3) is 0 Å². The summed E-state index contributed by atoms with van der Waals surface area (Å²) in [6.45, 7) is 5.73. The lowest BCUT2D eigenvalue weighted by atomic mass is 10.0. The summed E-state index contributed by atoms with van der Waals surface area (Å²) >= 11 is 0. The van der Waals surface area contributed by atoms with Gasteiger partial charge in [-0.2, -0.15) is 0 Å². The molecule has 154 valence electrons. The van der Waals surface area contributed by atoms with Crippen LogP contribution in [0.1, 0.15) is 17.2 Å². The molecule has 6 nitrogen and oxygen atoms in total. The van der Waals surface area contributed by atoms with Gasteiger partial charge in [-0.15, -0.1) is 0 Å². The second-order valence-electron chi connectivity index (χ2n) is 7.44. The van der Waals surface area contributed by atoms with E-state index in [9.17, 15) is 14.0 Å². The molecule has 0 bridgehead atoms. The summed E-state index contributed by atoms with van der Waals surface area (Å²) in [6.07, 6.45) is 0. The van der Waals surface area contributed by atoms with Gasteiger partial charge in [-0.25, -0.2) is 4.39 Å². The van der Waals surface area contributed by atoms with Crippen molar-refractivity contribution in [3.8, 4) is 0 Å². The molecule has 2 N–H and O–H groups in total. The van der Waals surface area contributed by atoms with Gasteiger partial charge in [0.15, 0.2) is 0 Å². The number of rotatable bonds is 5. The van der Waals surface area contributed by atoms with Crippen LogP contribution in [0.15, 0.2) is 48.5 Å². The van der Waals surface area contributed by atoms with Gasteiger partial charge in [0.1, 0.15) is 5.82 Å². The smallest absolute Gasteiger partial charge is 0.313 e. The molecule has 1 saturated heterocycles. The first-order chi connectivity index (χ1) is 13.9.